The number of hydrogen-bond donors (Lipinski definition) is 3. The Balaban J connectivity index is 1.40. The van der Waals surface area contributed by atoms with Gasteiger partial charge in [-0.3, -0.25) is 19.7 Å². The van der Waals surface area contributed by atoms with Gasteiger partial charge in [0.15, 0.2) is 0 Å². The van der Waals surface area contributed by atoms with Crippen LogP contribution < -0.4 is 10.6 Å². The van der Waals surface area contributed by atoms with Crippen molar-refractivity contribution >= 4 is 34.4 Å². The van der Waals surface area contributed by atoms with E-state index in [0.29, 0.717) is 22.7 Å². The molecular weight excluding hydrogens is 344 g/mol. The molecule has 5 rings (SSSR count). The first-order valence-electron chi connectivity index (χ1n) is 8.89. The molecule has 2 heterocycles. The molecule has 1 aliphatic carbocycles. The van der Waals surface area contributed by atoms with Gasteiger partial charge >= 0.3 is 0 Å². The van der Waals surface area contributed by atoms with Crippen molar-refractivity contribution in [3.63, 3.8) is 0 Å². The van der Waals surface area contributed by atoms with Crippen LogP contribution in [0.2, 0.25) is 0 Å². The van der Waals surface area contributed by atoms with Gasteiger partial charge in [0.05, 0.1) is 22.2 Å². The molecule has 3 N–H and O–H groups in total. The lowest BCUT2D eigenvalue weighted by molar-refractivity contribution is 0.0879. The highest BCUT2D eigenvalue weighted by atomic mass is 16.2. The Kier molecular flexibility index (Phi) is 3.36. The summed E-state index contributed by atoms with van der Waals surface area (Å²) >= 11 is 0. The second-order valence-corrected chi connectivity index (χ2v) is 6.98. The van der Waals surface area contributed by atoms with Crippen molar-refractivity contribution in [3.8, 4) is 0 Å². The number of anilines is 1. The van der Waals surface area contributed by atoms with Gasteiger partial charge in [0, 0.05) is 17.2 Å². The number of nitrogens with one attached hydrogen (secondary N) is 3. The number of benzene rings is 2. The molecule has 27 heavy (non-hydrogen) atoms. The summed E-state index contributed by atoms with van der Waals surface area (Å²) in [5, 5.41) is 5.05. The summed E-state index contributed by atoms with van der Waals surface area (Å²) in [5.41, 5.74) is 3.23. The van der Waals surface area contributed by atoms with Gasteiger partial charge in [0.25, 0.3) is 17.7 Å². The maximum Gasteiger partial charge on any atom is 0.258 e. The van der Waals surface area contributed by atoms with Crippen molar-refractivity contribution in [2.45, 2.75) is 25.2 Å². The number of carbonyl (C=O) groups excluding carboxylic acids is 3. The van der Waals surface area contributed by atoms with Crippen LogP contribution in [0.1, 0.15) is 62.1 Å². The predicted octanol–water partition coefficient (Wildman–Crippen LogP) is 2.97. The van der Waals surface area contributed by atoms with E-state index in [1.807, 2.05) is 12.1 Å². The van der Waals surface area contributed by atoms with E-state index in [0.717, 1.165) is 29.7 Å². The fourth-order valence-corrected chi connectivity index (χ4v) is 3.49. The predicted molar refractivity (Wildman–Crippen MR) is 98.9 cm³/mol. The molecule has 7 heteroatoms. The summed E-state index contributed by atoms with van der Waals surface area (Å²) in [6.07, 6.45) is 3.57. The van der Waals surface area contributed by atoms with Gasteiger partial charge in [0.1, 0.15) is 5.82 Å². The molecule has 0 unspecified atom stereocenters. The molecular formula is C20H16N4O3. The Labute approximate surface area is 154 Å². The molecule has 2 aliphatic rings. The highest BCUT2D eigenvalue weighted by Gasteiger charge is 2.27. The number of fused-ring (bicyclic) bond motifs is 2. The number of aromatic amines is 1. The molecule has 3 amide bonds. The number of aromatic nitrogens is 2. The van der Waals surface area contributed by atoms with Crippen LogP contribution in [-0.4, -0.2) is 27.7 Å². The van der Waals surface area contributed by atoms with Gasteiger partial charge in [0.2, 0.25) is 0 Å². The third-order valence-electron chi connectivity index (χ3n) is 5.25. The average Bonchev–Trinajstić information content (AvgIpc) is 3.13. The van der Waals surface area contributed by atoms with E-state index in [1.165, 1.54) is 24.6 Å². The quantitative estimate of drug-likeness (QED) is 0.625. The van der Waals surface area contributed by atoms with E-state index in [4.69, 9.17) is 0 Å². The Morgan fingerprint density at radius 1 is 1.04 bits per heavy atom. The standard InChI is InChI=1S/C20H16N4O3/c25-18(11-4-6-13-14(8-11)20(27)24-19(13)26)21-12-5-7-15-16(9-12)23-17(22-15)10-2-1-3-10/h4-10H,1-3H2,(H,21,25)(H,22,23)(H,24,26,27). The maximum atomic E-state index is 12.6. The second kappa shape index (κ2) is 5.77. The minimum Gasteiger partial charge on any atom is -0.342 e. The van der Waals surface area contributed by atoms with Crippen LogP contribution in [0.3, 0.4) is 0 Å². The number of carbonyl (C=O) groups is 3. The Hall–Kier alpha value is -3.48. The van der Waals surface area contributed by atoms with E-state index < -0.39 is 11.8 Å². The third-order valence-corrected chi connectivity index (χ3v) is 5.25. The zero-order chi connectivity index (χ0) is 18.5. The van der Waals surface area contributed by atoms with Gasteiger partial charge in [-0.1, -0.05) is 6.42 Å². The molecule has 0 saturated heterocycles. The topological polar surface area (TPSA) is 104 Å². The SMILES string of the molecule is O=C(Nc1ccc2nc(C3CCC3)[nH]c2c1)c1ccc2c(c1)C(=O)NC2=O. The van der Waals surface area contributed by atoms with Crippen molar-refractivity contribution in [1.29, 1.82) is 0 Å². The minimum atomic E-state index is -0.480. The second-order valence-electron chi connectivity index (χ2n) is 6.98. The van der Waals surface area contributed by atoms with Crippen molar-refractivity contribution in [1.82, 2.24) is 15.3 Å². The summed E-state index contributed by atoms with van der Waals surface area (Å²) in [7, 11) is 0. The molecule has 1 aromatic heterocycles. The van der Waals surface area contributed by atoms with E-state index in [2.05, 4.69) is 20.6 Å². The van der Waals surface area contributed by atoms with Gasteiger partial charge in [-0.25, -0.2) is 4.98 Å². The smallest absolute Gasteiger partial charge is 0.258 e. The van der Waals surface area contributed by atoms with Gasteiger partial charge < -0.3 is 10.3 Å². The number of hydrogen-bond acceptors (Lipinski definition) is 4. The van der Waals surface area contributed by atoms with Gasteiger partial charge in [-0.05, 0) is 49.2 Å². The largest absolute Gasteiger partial charge is 0.342 e. The molecule has 1 fully saturated rings. The fourth-order valence-electron chi connectivity index (χ4n) is 3.49. The summed E-state index contributed by atoms with van der Waals surface area (Å²) in [4.78, 5) is 43.9. The number of rotatable bonds is 3. The van der Waals surface area contributed by atoms with Crippen molar-refractivity contribution in [2.24, 2.45) is 0 Å². The minimum absolute atomic E-state index is 0.224. The van der Waals surface area contributed by atoms with Gasteiger partial charge in [-0.15, -0.1) is 0 Å². The Morgan fingerprint density at radius 3 is 2.63 bits per heavy atom. The molecule has 1 saturated carbocycles. The highest BCUT2D eigenvalue weighted by molar-refractivity contribution is 6.22. The molecule has 2 aromatic carbocycles. The molecule has 0 spiro atoms. The van der Waals surface area contributed by atoms with E-state index in [-0.39, 0.29) is 11.5 Å². The molecule has 1 aliphatic heterocycles. The van der Waals surface area contributed by atoms with Crippen LogP contribution in [0.25, 0.3) is 11.0 Å². The monoisotopic (exact) mass is 360 g/mol. The van der Waals surface area contributed by atoms with Gasteiger partial charge in [-0.2, -0.15) is 0 Å². The first-order chi connectivity index (χ1) is 13.1. The summed E-state index contributed by atoms with van der Waals surface area (Å²) in [5.74, 6) is 0.258. The van der Waals surface area contributed by atoms with Crippen LogP contribution in [0.5, 0.6) is 0 Å². The van der Waals surface area contributed by atoms with Crippen LogP contribution in [0, 0.1) is 0 Å². The van der Waals surface area contributed by atoms with Crippen LogP contribution in [0.4, 0.5) is 5.69 Å². The number of imide groups is 1. The number of imidazole rings is 1. The molecule has 0 atom stereocenters. The normalized spacial score (nSPS) is 16.1. The Morgan fingerprint density at radius 2 is 1.85 bits per heavy atom. The zero-order valence-electron chi connectivity index (χ0n) is 14.3. The Bertz CT molecular complexity index is 1130. The summed E-state index contributed by atoms with van der Waals surface area (Å²) in [6, 6.07) is 10.00. The van der Waals surface area contributed by atoms with Crippen LogP contribution in [0.15, 0.2) is 36.4 Å². The molecule has 3 aromatic rings. The lowest BCUT2D eigenvalue weighted by atomic mass is 9.85. The molecule has 7 nitrogen and oxygen atoms in total. The number of amides is 3. The number of H-pyrrole nitrogens is 1. The first kappa shape index (κ1) is 15.7. The first-order valence-corrected chi connectivity index (χ1v) is 8.89. The highest BCUT2D eigenvalue weighted by Crippen LogP contribution is 2.35. The molecule has 0 bridgehead atoms. The van der Waals surface area contributed by atoms with E-state index >= 15 is 0 Å². The van der Waals surface area contributed by atoms with E-state index in [9.17, 15) is 14.4 Å². The van der Waals surface area contributed by atoms with Crippen LogP contribution >= 0.6 is 0 Å². The van der Waals surface area contributed by atoms with Crippen molar-refractivity contribution in [3.05, 3.63) is 58.9 Å². The third kappa shape index (κ3) is 2.59. The lowest BCUT2D eigenvalue weighted by Gasteiger charge is -2.22. The molecule has 0 radical (unpaired) electrons. The van der Waals surface area contributed by atoms with Crippen molar-refractivity contribution in [2.75, 3.05) is 5.32 Å². The summed E-state index contributed by atoms with van der Waals surface area (Å²) in [6.45, 7) is 0. The van der Waals surface area contributed by atoms with Crippen molar-refractivity contribution < 1.29 is 14.4 Å². The lowest BCUT2D eigenvalue weighted by Crippen LogP contribution is -2.19. The van der Waals surface area contributed by atoms with Crippen LogP contribution in [-0.2, 0) is 0 Å². The zero-order valence-corrected chi connectivity index (χ0v) is 14.3. The maximum absolute atomic E-state index is 12.6. The van der Waals surface area contributed by atoms with E-state index in [1.54, 1.807) is 6.07 Å². The number of nitrogens with zero attached hydrogens (tertiary/aromatic N) is 1. The molecule has 134 valence electrons. The summed E-state index contributed by atoms with van der Waals surface area (Å²) < 4.78 is 0. The average molecular weight is 360 g/mol. The fraction of sp³-hybridized carbons (Fsp3) is 0.200.